The van der Waals surface area contributed by atoms with Crippen LogP contribution < -0.4 is 0 Å². The number of phenolic OH excluding ortho intramolecular Hbond substituents is 2. The number of carbonyl (C=O) groups is 3. The Labute approximate surface area is 208 Å². The fourth-order valence-electron chi connectivity index (χ4n) is 3.88. The summed E-state index contributed by atoms with van der Waals surface area (Å²) in [5.74, 6) is -1.14. The molecule has 186 valence electrons. The van der Waals surface area contributed by atoms with Crippen molar-refractivity contribution in [3.63, 3.8) is 0 Å². The second kappa shape index (κ2) is 12.4. The van der Waals surface area contributed by atoms with Gasteiger partial charge in [-0.15, -0.1) is 0 Å². The van der Waals surface area contributed by atoms with E-state index in [4.69, 9.17) is 24.9 Å². The number of ketones is 1. The minimum Gasteiger partial charge on any atom is -0.508 e. The number of nitriles is 1. The van der Waals surface area contributed by atoms with E-state index in [2.05, 4.69) is 9.73 Å². The summed E-state index contributed by atoms with van der Waals surface area (Å²) in [7, 11) is 1.37. The predicted octanol–water partition coefficient (Wildman–Crippen LogP) is 2.83. The van der Waals surface area contributed by atoms with Crippen LogP contribution in [0.3, 0.4) is 0 Å². The Hall–Kier alpha value is -4.33. The summed E-state index contributed by atoms with van der Waals surface area (Å²) in [6.45, 7) is -0.565. The lowest BCUT2D eigenvalue weighted by molar-refractivity contribution is -0.142. The first-order valence-corrected chi connectivity index (χ1v) is 11.3. The number of hydrogen-bond donors (Lipinski definition) is 2. The predicted molar refractivity (Wildman–Crippen MR) is 129 cm³/mol. The van der Waals surface area contributed by atoms with Crippen LogP contribution in [0.5, 0.6) is 11.5 Å². The van der Waals surface area contributed by atoms with Crippen molar-refractivity contribution in [1.82, 2.24) is 0 Å². The Balaban J connectivity index is 0.000000205. The van der Waals surface area contributed by atoms with Crippen LogP contribution in [0.2, 0.25) is 5.82 Å². The summed E-state index contributed by atoms with van der Waals surface area (Å²) in [6, 6.07) is 12.4. The molecular formula is C25H25BN2O8. The molecule has 2 N–H and O–H groups in total. The molecule has 4 rings (SSSR count). The van der Waals surface area contributed by atoms with E-state index in [-0.39, 0.29) is 48.6 Å². The van der Waals surface area contributed by atoms with Crippen LogP contribution in [-0.2, 0) is 23.7 Å². The first kappa shape index (κ1) is 26.3. The summed E-state index contributed by atoms with van der Waals surface area (Å²) < 4.78 is 14.2. The summed E-state index contributed by atoms with van der Waals surface area (Å²) in [6.07, 6.45) is 3.42. The lowest BCUT2D eigenvalue weighted by Crippen LogP contribution is -2.24. The first-order valence-electron chi connectivity index (χ1n) is 11.3. The highest BCUT2D eigenvalue weighted by molar-refractivity contribution is 6.60. The normalized spacial score (nSPS) is 18.3. The zero-order valence-electron chi connectivity index (χ0n) is 19.6. The lowest BCUT2D eigenvalue weighted by atomic mass is 9.57. The highest BCUT2D eigenvalue weighted by atomic mass is 16.6. The second-order valence-electron chi connectivity index (χ2n) is 8.19. The van der Waals surface area contributed by atoms with Gasteiger partial charge in [-0.1, -0.05) is 0 Å². The van der Waals surface area contributed by atoms with Crippen LogP contribution >= 0.6 is 0 Å². The number of nitrogens with zero attached hydrogens (tertiary/aromatic N) is 2. The smallest absolute Gasteiger partial charge is 0.425 e. The van der Waals surface area contributed by atoms with Crippen molar-refractivity contribution in [3.05, 3.63) is 59.7 Å². The van der Waals surface area contributed by atoms with Gasteiger partial charge < -0.3 is 24.3 Å². The van der Waals surface area contributed by atoms with E-state index in [0.29, 0.717) is 12.0 Å². The number of carbonyl (C=O) groups excluding carboxylic acids is 3. The molecule has 0 saturated carbocycles. The molecule has 0 bridgehead atoms. The topological polar surface area (TPSA) is 156 Å². The first-order chi connectivity index (χ1) is 17.3. The Morgan fingerprint density at radius 1 is 1.14 bits per heavy atom. The van der Waals surface area contributed by atoms with E-state index in [0.717, 1.165) is 17.7 Å². The number of methoxy groups -OCH3 is 1. The maximum absolute atomic E-state index is 11.9. The number of rotatable bonds is 7. The minimum atomic E-state index is -0.611. The standard InChI is InChI=1S/C13H12BNO5.C12H13NO3/c15-8-20-14-7-19-13(18)11(14)5-6-12(17)9-1-3-10(16)4-2-9;1-16-12(15)11-7-6-10(13-11)8-2-4-9(14)5-3-8/h1-4,11,16H,5-7H2;2-5,11,14H,6-7H2,1H3/t;11-/m.0/s1. The highest BCUT2D eigenvalue weighted by Crippen LogP contribution is 2.27. The minimum absolute atomic E-state index is 0.0461. The number of esters is 2. The number of aromatic hydroxyl groups is 2. The van der Waals surface area contributed by atoms with E-state index in [9.17, 15) is 14.4 Å². The molecule has 2 atom stereocenters. The van der Waals surface area contributed by atoms with Crippen molar-refractivity contribution in [2.24, 2.45) is 4.99 Å². The van der Waals surface area contributed by atoms with Crippen molar-refractivity contribution >= 4 is 30.3 Å². The molecule has 1 saturated heterocycles. The Kier molecular flexibility index (Phi) is 9.05. The largest absolute Gasteiger partial charge is 0.508 e. The molecular weight excluding hydrogens is 467 g/mol. The maximum Gasteiger partial charge on any atom is 0.425 e. The van der Waals surface area contributed by atoms with Crippen LogP contribution in [0.4, 0.5) is 0 Å². The molecule has 0 spiro atoms. The van der Waals surface area contributed by atoms with Gasteiger partial charge in [0, 0.05) is 17.7 Å². The lowest BCUT2D eigenvalue weighted by Gasteiger charge is -2.08. The van der Waals surface area contributed by atoms with E-state index in [1.807, 2.05) is 0 Å². The van der Waals surface area contributed by atoms with Crippen LogP contribution in [-0.4, -0.2) is 60.2 Å². The highest BCUT2D eigenvalue weighted by Gasteiger charge is 2.43. The second-order valence-corrected chi connectivity index (χ2v) is 8.19. The number of benzene rings is 2. The van der Waals surface area contributed by atoms with Gasteiger partial charge in [-0.3, -0.25) is 14.6 Å². The van der Waals surface area contributed by atoms with E-state index < -0.39 is 18.7 Å². The van der Waals surface area contributed by atoms with Crippen LogP contribution in [0.1, 0.15) is 41.6 Å². The molecule has 0 amide bonds. The molecule has 2 aliphatic rings. The zero-order valence-corrected chi connectivity index (χ0v) is 19.6. The molecule has 2 heterocycles. The molecule has 2 aromatic rings. The van der Waals surface area contributed by atoms with Crippen molar-refractivity contribution < 1.29 is 38.7 Å². The molecule has 1 fully saturated rings. The molecule has 0 aliphatic carbocycles. The summed E-state index contributed by atoms with van der Waals surface area (Å²) >= 11 is 0. The monoisotopic (exact) mass is 492 g/mol. The van der Waals surface area contributed by atoms with Gasteiger partial charge in [0.1, 0.15) is 24.0 Å². The SMILES string of the molecule is COC(=O)[C@@H]1CCC(c2ccc(O)cc2)=N1.N#COB1COC(=O)C1CCC(=O)c1ccc(O)cc1. The van der Waals surface area contributed by atoms with Gasteiger partial charge in [0.25, 0.3) is 6.26 Å². The van der Waals surface area contributed by atoms with Gasteiger partial charge in [0.05, 0.1) is 12.9 Å². The van der Waals surface area contributed by atoms with Gasteiger partial charge in [-0.2, -0.15) is 5.26 Å². The zero-order chi connectivity index (χ0) is 26.1. The molecule has 2 aliphatic heterocycles. The molecule has 2 aromatic carbocycles. The molecule has 10 nitrogen and oxygen atoms in total. The number of phenols is 2. The Morgan fingerprint density at radius 2 is 1.78 bits per heavy atom. The number of Topliss-reactive ketones (excluding diaryl/α,β-unsaturated/α-hetero) is 1. The number of aliphatic imine (C=N–C) groups is 1. The molecule has 36 heavy (non-hydrogen) atoms. The van der Waals surface area contributed by atoms with Crippen LogP contribution in [0.15, 0.2) is 53.5 Å². The van der Waals surface area contributed by atoms with Gasteiger partial charge >= 0.3 is 18.9 Å². The molecule has 11 heteroatoms. The average Bonchev–Trinajstić information content (AvgIpc) is 3.51. The quantitative estimate of drug-likeness (QED) is 0.257. The Bertz CT molecular complexity index is 1160. The van der Waals surface area contributed by atoms with Crippen LogP contribution in [0, 0.1) is 11.5 Å². The maximum atomic E-state index is 11.9. The van der Waals surface area contributed by atoms with E-state index >= 15 is 0 Å². The van der Waals surface area contributed by atoms with Crippen LogP contribution in [0.25, 0.3) is 0 Å². The van der Waals surface area contributed by atoms with Gasteiger partial charge in [-0.25, -0.2) is 4.79 Å². The molecule has 0 radical (unpaired) electrons. The number of cyclic esters (lactones) is 1. The summed E-state index contributed by atoms with van der Waals surface area (Å²) in [5, 5.41) is 26.8. The number of ether oxygens (including phenoxy) is 2. The van der Waals surface area contributed by atoms with Crippen molar-refractivity contribution in [1.29, 1.82) is 5.26 Å². The fraction of sp³-hybridized carbons (Fsp3) is 0.320. The average molecular weight is 492 g/mol. The Morgan fingerprint density at radius 3 is 2.39 bits per heavy atom. The molecule has 1 unspecified atom stereocenters. The fourth-order valence-corrected chi connectivity index (χ4v) is 3.88. The third kappa shape index (κ3) is 6.85. The molecule has 0 aromatic heterocycles. The van der Waals surface area contributed by atoms with E-state index in [1.54, 1.807) is 30.5 Å². The third-order valence-electron chi connectivity index (χ3n) is 5.86. The van der Waals surface area contributed by atoms with Crippen molar-refractivity contribution in [3.8, 4) is 17.8 Å². The third-order valence-corrected chi connectivity index (χ3v) is 5.86. The van der Waals surface area contributed by atoms with Gasteiger partial charge in [0.15, 0.2) is 5.78 Å². The summed E-state index contributed by atoms with van der Waals surface area (Å²) in [4.78, 5) is 39.0. The summed E-state index contributed by atoms with van der Waals surface area (Å²) in [5.41, 5.74) is 2.31. The number of hydrogen-bond acceptors (Lipinski definition) is 10. The van der Waals surface area contributed by atoms with Gasteiger partial charge in [0.2, 0.25) is 0 Å². The van der Waals surface area contributed by atoms with Crippen molar-refractivity contribution in [2.75, 3.05) is 13.6 Å². The van der Waals surface area contributed by atoms with E-state index in [1.165, 1.54) is 31.4 Å². The van der Waals surface area contributed by atoms with Gasteiger partial charge in [-0.05, 0) is 73.4 Å². The van der Waals surface area contributed by atoms with Crippen molar-refractivity contribution in [2.45, 2.75) is 37.5 Å².